The van der Waals surface area contributed by atoms with Crippen LogP contribution in [-0.2, 0) is 19.1 Å². The number of carbonyl (C=O) groups is 3. The monoisotopic (exact) mass is 243 g/mol. The fraction of sp³-hybridized carbons (Fsp3) is 0.727. The van der Waals surface area contributed by atoms with E-state index in [9.17, 15) is 14.4 Å². The van der Waals surface area contributed by atoms with E-state index in [0.29, 0.717) is 19.4 Å². The minimum absolute atomic E-state index is 0.0724. The number of esters is 1. The molecule has 1 fully saturated rings. The standard InChI is InChI=1S/C11H17NO5/c1-3-6-12-8(4-5-9(12)13)11(16)17-7(2)10(14)15/h7-8H,3-6H2,1-2H3,(H,14,15). The second-order valence-electron chi connectivity index (χ2n) is 4.06. The summed E-state index contributed by atoms with van der Waals surface area (Å²) >= 11 is 0. The molecular weight excluding hydrogens is 226 g/mol. The van der Waals surface area contributed by atoms with Gasteiger partial charge in [-0.1, -0.05) is 6.92 Å². The summed E-state index contributed by atoms with van der Waals surface area (Å²) in [6.45, 7) is 3.70. The maximum absolute atomic E-state index is 11.7. The lowest BCUT2D eigenvalue weighted by atomic mass is 10.2. The third kappa shape index (κ3) is 3.18. The maximum Gasteiger partial charge on any atom is 0.344 e. The van der Waals surface area contributed by atoms with E-state index in [1.54, 1.807) is 0 Å². The Morgan fingerprint density at radius 2 is 2.24 bits per heavy atom. The second-order valence-corrected chi connectivity index (χ2v) is 4.06. The van der Waals surface area contributed by atoms with Gasteiger partial charge in [0.25, 0.3) is 0 Å². The SMILES string of the molecule is CCCN1C(=O)CCC1C(=O)OC(C)C(=O)O. The van der Waals surface area contributed by atoms with E-state index in [2.05, 4.69) is 0 Å². The summed E-state index contributed by atoms with van der Waals surface area (Å²) in [6.07, 6.45) is 0.302. The van der Waals surface area contributed by atoms with Crippen molar-refractivity contribution in [3.05, 3.63) is 0 Å². The molecule has 96 valence electrons. The van der Waals surface area contributed by atoms with Gasteiger partial charge >= 0.3 is 11.9 Å². The lowest BCUT2D eigenvalue weighted by Gasteiger charge is -2.23. The molecule has 2 atom stereocenters. The largest absolute Gasteiger partial charge is 0.479 e. The van der Waals surface area contributed by atoms with E-state index >= 15 is 0 Å². The Hall–Kier alpha value is -1.59. The predicted molar refractivity (Wildman–Crippen MR) is 58.2 cm³/mol. The number of aliphatic carboxylic acids is 1. The summed E-state index contributed by atoms with van der Waals surface area (Å²) in [4.78, 5) is 35.2. The summed E-state index contributed by atoms with van der Waals surface area (Å²) < 4.78 is 4.79. The number of amides is 1. The van der Waals surface area contributed by atoms with Crippen LogP contribution >= 0.6 is 0 Å². The van der Waals surface area contributed by atoms with Gasteiger partial charge in [-0.2, -0.15) is 0 Å². The van der Waals surface area contributed by atoms with Crippen molar-refractivity contribution in [2.24, 2.45) is 0 Å². The molecule has 0 radical (unpaired) electrons. The second kappa shape index (κ2) is 5.65. The molecule has 1 amide bonds. The van der Waals surface area contributed by atoms with Crippen LogP contribution in [0.4, 0.5) is 0 Å². The summed E-state index contributed by atoms with van der Waals surface area (Å²) in [5.41, 5.74) is 0. The molecule has 1 aliphatic heterocycles. The van der Waals surface area contributed by atoms with E-state index in [4.69, 9.17) is 9.84 Å². The van der Waals surface area contributed by atoms with E-state index < -0.39 is 24.1 Å². The molecule has 1 aliphatic rings. The van der Waals surface area contributed by atoms with Crippen molar-refractivity contribution in [3.8, 4) is 0 Å². The van der Waals surface area contributed by atoms with E-state index in [1.165, 1.54) is 11.8 Å². The highest BCUT2D eigenvalue weighted by atomic mass is 16.6. The third-order valence-corrected chi connectivity index (χ3v) is 2.71. The molecule has 0 spiro atoms. The summed E-state index contributed by atoms with van der Waals surface area (Å²) in [7, 11) is 0. The van der Waals surface area contributed by atoms with E-state index in [-0.39, 0.29) is 5.91 Å². The van der Waals surface area contributed by atoms with Crippen molar-refractivity contribution in [2.75, 3.05) is 6.54 Å². The zero-order valence-electron chi connectivity index (χ0n) is 10.0. The number of hydrogen-bond acceptors (Lipinski definition) is 4. The molecule has 6 nitrogen and oxygen atoms in total. The number of carboxylic acids is 1. The highest BCUT2D eigenvalue weighted by molar-refractivity contribution is 5.89. The van der Waals surface area contributed by atoms with Gasteiger partial charge in [0.2, 0.25) is 5.91 Å². The maximum atomic E-state index is 11.7. The minimum Gasteiger partial charge on any atom is -0.479 e. The van der Waals surface area contributed by atoms with Crippen LogP contribution in [0.5, 0.6) is 0 Å². The van der Waals surface area contributed by atoms with Crippen LogP contribution in [0.1, 0.15) is 33.1 Å². The molecule has 2 unspecified atom stereocenters. The molecule has 1 rings (SSSR count). The Morgan fingerprint density at radius 3 is 2.76 bits per heavy atom. The number of ether oxygens (including phenoxy) is 1. The molecule has 0 saturated carbocycles. The van der Waals surface area contributed by atoms with Gasteiger partial charge in [0.1, 0.15) is 6.04 Å². The highest BCUT2D eigenvalue weighted by Crippen LogP contribution is 2.20. The van der Waals surface area contributed by atoms with Crippen molar-refractivity contribution in [1.82, 2.24) is 4.90 Å². The van der Waals surface area contributed by atoms with Gasteiger partial charge in [0, 0.05) is 13.0 Å². The number of likely N-dealkylation sites (tertiary alicyclic amines) is 1. The molecule has 1 heterocycles. The summed E-state index contributed by atoms with van der Waals surface area (Å²) in [5, 5.41) is 8.64. The number of rotatable bonds is 5. The Bertz CT molecular complexity index is 328. The van der Waals surface area contributed by atoms with Crippen LogP contribution in [0.3, 0.4) is 0 Å². The van der Waals surface area contributed by atoms with Crippen molar-refractivity contribution in [1.29, 1.82) is 0 Å². The van der Waals surface area contributed by atoms with Crippen molar-refractivity contribution >= 4 is 17.8 Å². The molecule has 0 aromatic carbocycles. The molecule has 1 N–H and O–H groups in total. The molecule has 0 aromatic heterocycles. The first-order chi connectivity index (χ1) is 7.97. The number of hydrogen-bond donors (Lipinski definition) is 1. The Labute approximate surface area is 99.5 Å². The molecule has 6 heteroatoms. The average molecular weight is 243 g/mol. The zero-order valence-corrected chi connectivity index (χ0v) is 10.0. The van der Waals surface area contributed by atoms with Crippen LogP contribution in [0.25, 0.3) is 0 Å². The average Bonchev–Trinajstić information content (AvgIpc) is 2.61. The fourth-order valence-electron chi connectivity index (χ4n) is 1.80. The van der Waals surface area contributed by atoms with Crippen LogP contribution in [0.2, 0.25) is 0 Å². The van der Waals surface area contributed by atoms with Gasteiger partial charge in [-0.3, -0.25) is 4.79 Å². The van der Waals surface area contributed by atoms with Crippen molar-refractivity contribution < 1.29 is 24.2 Å². The molecule has 0 bridgehead atoms. The molecule has 0 aliphatic carbocycles. The van der Waals surface area contributed by atoms with Crippen LogP contribution in [0, 0.1) is 0 Å². The van der Waals surface area contributed by atoms with Gasteiger partial charge in [-0.05, 0) is 19.8 Å². The summed E-state index contributed by atoms with van der Waals surface area (Å²) in [5.74, 6) is -1.89. The normalized spacial score (nSPS) is 21.4. The lowest BCUT2D eigenvalue weighted by Crippen LogP contribution is -2.41. The van der Waals surface area contributed by atoms with Crippen molar-refractivity contribution in [2.45, 2.75) is 45.3 Å². The molecular formula is C11H17NO5. The van der Waals surface area contributed by atoms with Gasteiger partial charge < -0.3 is 14.7 Å². The van der Waals surface area contributed by atoms with Crippen molar-refractivity contribution in [3.63, 3.8) is 0 Å². The Balaban J connectivity index is 2.62. The predicted octanol–water partition coefficient (Wildman–Crippen LogP) is 0.404. The minimum atomic E-state index is -1.19. The third-order valence-electron chi connectivity index (χ3n) is 2.71. The quantitative estimate of drug-likeness (QED) is 0.707. The van der Waals surface area contributed by atoms with E-state index in [0.717, 1.165) is 6.42 Å². The van der Waals surface area contributed by atoms with E-state index in [1.807, 2.05) is 6.92 Å². The highest BCUT2D eigenvalue weighted by Gasteiger charge is 2.37. The Morgan fingerprint density at radius 1 is 1.59 bits per heavy atom. The van der Waals surface area contributed by atoms with Crippen LogP contribution in [0.15, 0.2) is 0 Å². The van der Waals surface area contributed by atoms with Gasteiger partial charge in [0.15, 0.2) is 6.10 Å². The van der Waals surface area contributed by atoms with Crippen LogP contribution < -0.4 is 0 Å². The summed E-state index contributed by atoms with van der Waals surface area (Å²) in [6, 6.07) is -0.621. The number of carboxylic acid groups (broad SMARTS) is 1. The first kappa shape index (κ1) is 13.5. The van der Waals surface area contributed by atoms with Gasteiger partial charge in [0.05, 0.1) is 0 Å². The smallest absolute Gasteiger partial charge is 0.344 e. The van der Waals surface area contributed by atoms with Gasteiger partial charge in [-0.15, -0.1) is 0 Å². The van der Waals surface area contributed by atoms with Gasteiger partial charge in [-0.25, -0.2) is 9.59 Å². The first-order valence-electron chi connectivity index (χ1n) is 5.70. The fourth-order valence-corrected chi connectivity index (χ4v) is 1.80. The first-order valence-corrected chi connectivity index (χ1v) is 5.70. The Kier molecular flexibility index (Phi) is 4.48. The molecule has 17 heavy (non-hydrogen) atoms. The zero-order chi connectivity index (χ0) is 13.0. The molecule has 0 aromatic rings. The lowest BCUT2D eigenvalue weighted by molar-refractivity contribution is -0.166. The van der Waals surface area contributed by atoms with Crippen LogP contribution in [-0.4, -0.2) is 46.5 Å². The number of nitrogens with zero attached hydrogens (tertiary/aromatic N) is 1. The number of carbonyl (C=O) groups excluding carboxylic acids is 2. The topological polar surface area (TPSA) is 83.9 Å². The molecule has 1 saturated heterocycles.